The number of amides is 1. The van der Waals surface area contributed by atoms with Crippen LogP contribution in [0.4, 0.5) is 5.82 Å². The van der Waals surface area contributed by atoms with Crippen LogP contribution in [0.1, 0.15) is 18.9 Å². The van der Waals surface area contributed by atoms with Gasteiger partial charge in [-0.05, 0) is 25.1 Å². The lowest BCUT2D eigenvalue weighted by Gasteiger charge is -2.25. The zero-order valence-corrected chi connectivity index (χ0v) is 18.3. The molecule has 1 aliphatic heterocycles. The number of rotatable bonds is 5. The van der Waals surface area contributed by atoms with Crippen LogP contribution < -0.4 is 14.8 Å². The van der Waals surface area contributed by atoms with Gasteiger partial charge >= 0.3 is 0 Å². The number of aromatic nitrogens is 4. The van der Waals surface area contributed by atoms with Gasteiger partial charge in [0.2, 0.25) is 5.91 Å². The molecular formula is C19H17Cl2N5O3S. The van der Waals surface area contributed by atoms with Crippen molar-refractivity contribution >= 4 is 46.7 Å². The van der Waals surface area contributed by atoms with Gasteiger partial charge in [-0.15, -0.1) is 10.2 Å². The topological polar surface area (TPSA) is 91.2 Å². The Kier molecular flexibility index (Phi) is 6.03. The van der Waals surface area contributed by atoms with E-state index in [2.05, 4.69) is 20.5 Å². The van der Waals surface area contributed by atoms with Gasteiger partial charge in [-0.1, -0.05) is 47.1 Å². The predicted molar refractivity (Wildman–Crippen MR) is 115 cm³/mol. The van der Waals surface area contributed by atoms with E-state index in [1.807, 2.05) is 31.3 Å². The van der Waals surface area contributed by atoms with Crippen molar-refractivity contribution < 1.29 is 14.3 Å². The van der Waals surface area contributed by atoms with Crippen molar-refractivity contribution in [1.29, 1.82) is 0 Å². The lowest BCUT2D eigenvalue weighted by Crippen LogP contribution is -2.25. The molecule has 0 bridgehead atoms. The maximum atomic E-state index is 12.5. The number of hydrogen-bond acceptors (Lipinski definition) is 7. The van der Waals surface area contributed by atoms with Crippen molar-refractivity contribution in [3.63, 3.8) is 0 Å². The normalized spacial score (nSPS) is 16.2. The lowest BCUT2D eigenvalue weighted by atomic mass is 10.2. The first-order valence-electron chi connectivity index (χ1n) is 8.98. The van der Waals surface area contributed by atoms with E-state index < -0.39 is 11.4 Å². The Morgan fingerprint density at radius 2 is 2.07 bits per heavy atom. The number of para-hydroxylation sites is 2. The summed E-state index contributed by atoms with van der Waals surface area (Å²) in [6.45, 7) is 2.08. The molecule has 2 aromatic heterocycles. The number of thioether (sulfide) groups is 1. The molecule has 0 aliphatic carbocycles. The predicted octanol–water partition coefficient (Wildman–Crippen LogP) is 4.15. The monoisotopic (exact) mass is 465 g/mol. The molecule has 0 unspecified atom stereocenters. The second-order valence-electron chi connectivity index (χ2n) is 6.50. The number of fused-ring (bicyclic) bond motifs is 1. The Morgan fingerprint density at radius 1 is 1.30 bits per heavy atom. The highest BCUT2D eigenvalue weighted by molar-refractivity contribution is 8.00. The average molecular weight is 466 g/mol. The van der Waals surface area contributed by atoms with Gasteiger partial charge in [0, 0.05) is 13.2 Å². The molecule has 0 spiro atoms. The molecule has 0 fully saturated rings. The summed E-state index contributed by atoms with van der Waals surface area (Å²) in [5.41, 5.74) is 0. The first-order chi connectivity index (χ1) is 14.4. The summed E-state index contributed by atoms with van der Waals surface area (Å²) < 4.78 is 13.5. The molecule has 4 rings (SSSR count). The van der Waals surface area contributed by atoms with Crippen LogP contribution in [0.3, 0.4) is 0 Å². The molecule has 30 heavy (non-hydrogen) atoms. The number of nitrogens with one attached hydrogen (secondary N) is 1. The third-order valence-corrected chi connectivity index (χ3v) is 5.99. The Morgan fingerprint density at radius 3 is 2.83 bits per heavy atom. The number of carbonyl (C=O) groups is 1. The molecule has 1 amide bonds. The highest BCUT2D eigenvalue weighted by Gasteiger charge is 2.28. The van der Waals surface area contributed by atoms with Gasteiger partial charge in [-0.2, -0.15) is 0 Å². The standard InChI is InChI=1S/C19H17Cl2N5O3S/c1-10(18(27)23-16-12(21)7-11(20)8-22-16)30-19-25-24-17(26(19)2)15-9-28-13-5-3-4-6-14(13)29-15/h3-8,10,15H,9H2,1-2H3,(H,22,23,27)/t10-,15+/m0/s1. The summed E-state index contributed by atoms with van der Waals surface area (Å²) >= 11 is 13.2. The Bertz CT molecular complexity index is 1090. The van der Waals surface area contributed by atoms with Crippen LogP contribution >= 0.6 is 35.0 Å². The minimum atomic E-state index is -0.474. The molecule has 0 radical (unpaired) electrons. The van der Waals surface area contributed by atoms with E-state index in [0.717, 1.165) is 0 Å². The van der Waals surface area contributed by atoms with Crippen LogP contribution in [0.2, 0.25) is 10.0 Å². The van der Waals surface area contributed by atoms with Crippen molar-refractivity contribution in [3.05, 3.63) is 52.4 Å². The number of hydrogen-bond donors (Lipinski definition) is 1. The Hall–Kier alpha value is -2.49. The highest BCUT2D eigenvalue weighted by Crippen LogP contribution is 2.36. The van der Waals surface area contributed by atoms with Gasteiger partial charge in [0.1, 0.15) is 6.61 Å². The van der Waals surface area contributed by atoms with E-state index in [0.29, 0.717) is 34.1 Å². The fourth-order valence-electron chi connectivity index (χ4n) is 2.79. The average Bonchev–Trinajstić information content (AvgIpc) is 3.09. The third-order valence-electron chi connectivity index (χ3n) is 4.37. The smallest absolute Gasteiger partial charge is 0.238 e. The number of pyridine rings is 1. The number of ether oxygens (including phenoxy) is 2. The van der Waals surface area contributed by atoms with E-state index in [1.165, 1.54) is 24.0 Å². The van der Waals surface area contributed by atoms with Gasteiger partial charge < -0.3 is 19.4 Å². The maximum Gasteiger partial charge on any atom is 0.238 e. The van der Waals surface area contributed by atoms with Gasteiger partial charge in [-0.3, -0.25) is 4.79 Å². The van der Waals surface area contributed by atoms with Crippen molar-refractivity contribution in [2.24, 2.45) is 7.05 Å². The fraction of sp³-hybridized carbons (Fsp3) is 0.263. The molecule has 0 saturated carbocycles. The van der Waals surface area contributed by atoms with Crippen LogP contribution in [0.15, 0.2) is 41.7 Å². The number of anilines is 1. The number of benzene rings is 1. The molecule has 3 heterocycles. The second kappa shape index (κ2) is 8.71. The van der Waals surface area contributed by atoms with Crippen LogP contribution in [0.5, 0.6) is 11.5 Å². The molecule has 156 valence electrons. The van der Waals surface area contributed by atoms with Crippen molar-refractivity contribution in [2.75, 3.05) is 11.9 Å². The van der Waals surface area contributed by atoms with Crippen LogP contribution in [-0.2, 0) is 11.8 Å². The quantitative estimate of drug-likeness (QED) is 0.565. The molecule has 0 saturated heterocycles. The molecule has 1 N–H and O–H groups in total. The van der Waals surface area contributed by atoms with Gasteiger partial charge in [0.05, 0.1) is 15.3 Å². The largest absolute Gasteiger partial charge is 0.485 e. The minimum absolute atomic E-state index is 0.253. The van der Waals surface area contributed by atoms with Gasteiger partial charge in [0.15, 0.2) is 34.4 Å². The first-order valence-corrected chi connectivity index (χ1v) is 10.6. The molecule has 1 aliphatic rings. The van der Waals surface area contributed by atoms with E-state index >= 15 is 0 Å². The first kappa shape index (κ1) is 20.8. The molecule has 2 atom stereocenters. The number of nitrogens with zero attached hydrogens (tertiary/aromatic N) is 4. The fourth-order valence-corrected chi connectivity index (χ4v) is 4.04. The Labute approximate surface area is 186 Å². The summed E-state index contributed by atoms with van der Waals surface area (Å²) in [7, 11) is 1.82. The summed E-state index contributed by atoms with van der Waals surface area (Å²) in [5, 5.41) is 11.9. The zero-order valence-electron chi connectivity index (χ0n) is 16.0. The van der Waals surface area contributed by atoms with Crippen LogP contribution in [-0.4, -0.2) is 37.5 Å². The third kappa shape index (κ3) is 4.33. The zero-order chi connectivity index (χ0) is 21.3. The van der Waals surface area contributed by atoms with Crippen LogP contribution in [0.25, 0.3) is 0 Å². The minimum Gasteiger partial charge on any atom is -0.485 e. The number of carbonyl (C=O) groups excluding carboxylic acids is 1. The van der Waals surface area contributed by atoms with Crippen molar-refractivity contribution in [3.8, 4) is 11.5 Å². The van der Waals surface area contributed by atoms with E-state index in [1.54, 1.807) is 11.5 Å². The Balaban J connectivity index is 1.43. The van der Waals surface area contributed by atoms with Crippen molar-refractivity contribution in [1.82, 2.24) is 19.7 Å². The van der Waals surface area contributed by atoms with E-state index in [-0.39, 0.29) is 16.7 Å². The van der Waals surface area contributed by atoms with Crippen LogP contribution in [0, 0.1) is 0 Å². The molecule has 8 nitrogen and oxygen atoms in total. The maximum absolute atomic E-state index is 12.5. The summed E-state index contributed by atoms with van der Waals surface area (Å²) in [6, 6.07) is 8.98. The summed E-state index contributed by atoms with van der Waals surface area (Å²) in [5.74, 6) is 1.95. The molecule has 1 aromatic carbocycles. The molecule has 11 heteroatoms. The highest BCUT2D eigenvalue weighted by atomic mass is 35.5. The van der Waals surface area contributed by atoms with Crippen molar-refractivity contribution in [2.45, 2.75) is 23.4 Å². The SMILES string of the molecule is C[C@H](Sc1nnc([C@H]2COc3ccccc3O2)n1C)C(=O)Nc1ncc(Cl)cc1Cl. The summed E-state index contributed by atoms with van der Waals surface area (Å²) in [6.07, 6.45) is 1.02. The van der Waals surface area contributed by atoms with Gasteiger partial charge in [0.25, 0.3) is 0 Å². The second-order valence-corrected chi connectivity index (χ2v) is 8.65. The van der Waals surface area contributed by atoms with E-state index in [4.69, 9.17) is 32.7 Å². The van der Waals surface area contributed by atoms with E-state index in [9.17, 15) is 4.79 Å². The molecular weight excluding hydrogens is 449 g/mol. The van der Waals surface area contributed by atoms with Gasteiger partial charge in [-0.25, -0.2) is 4.98 Å². The number of halogens is 2. The lowest BCUT2D eigenvalue weighted by molar-refractivity contribution is -0.115. The molecule has 3 aromatic rings. The summed E-state index contributed by atoms with van der Waals surface area (Å²) in [4.78, 5) is 16.6.